The molecule has 7 heteroatoms. The number of rotatable bonds is 3. The highest BCUT2D eigenvalue weighted by atomic mass is 79.9. The summed E-state index contributed by atoms with van der Waals surface area (Å²) < 4.78 is 6.22. The van der Waals surface area contributed by atoms with E-state index in [4.69, 9.17) is 22.2 Å². The molecule has 0 atom stereocenters. The van der Waals surface area contributed by atoms with E-state index in [1.807, 2.05) is 19.1 Å². The van der Waals surface area contributed by atoms with Gasteiger partial charge in [0.2, 0.25) is 11.8 Å². The normalized spacial score (nSPS) is 10.2. The van der Waals surface area contributed by atoms with Crippen LogP contribution in [0.25, 0.3) is 0 Å². The summed E-state index contributed by atoms with van der Waals surface area (Å²) >= 11 is 9.38. The van der Waals surface area contributed by atoms with Crippen molar-refractivity contribution in [1.29, 1.82) is 0 Å². The molecule has 1 aromatic heterocycles. The van der Waals surface area contributed by atoms with Crippen molar-refractivity contribution in [2.24, 2.45) is 5.84 Å². The van der Waals surface area contributed by atoms with Crippen molar-refractivity contribution < 1.29 is 4.74 Å². The zero-order valence-corrected chi connectivity index (χ0v) is 11.8. The molecule has 0 unspecified atom stereocenters. The van der Waals surface area contributed by atoms with Crippen molar-refractivity contribution in [3.63, 3.8) is 0 Å². The van der Waals surface area contributed by atoms with Crippen LogP contribution in [0.1, 0.15) is 5.56 Å². The zero-order valence-electron chi connectivity index (χ0n) is 9.45. The van der Waals surface area contributed by atoms with Gasteiger partial charge in [-0.25, -0.2) is 10.8 Å². The highest BCUT2D eigenvalue weighted by Crippen LogP contribution is 2.32. The summed E-state index contributed by atoms with van der Waals surface area (Å²) in [5.74, 6) is 6.36. The second-order valence-corrected chi connectivity index (χ2v) is 4.79. The van der Waals surface area contributed by atoms with E-state index in [-0.39, 0.29) is 5.95 Å². The molecule has 0 bridgehead atoms. The minimum atomic E-state index is 0.261. The van der Waals surface area contributed by atoms with Crippen LogP contribution in [-0.4, -0.2) is 9.97 Å². The highest BCUT2D eigenvalue weighted by molar-refractivity contribution is 9.10. The summed E-state index contributed by atoms with van der Waals surface area (Å²) in [5.41, 5.74) is 3.40. The van der Waals surface area contributed by atoms with Crippen LogP contribution in [0.3, 0.4) is 0 Å². The molecule has 0 fully saturated rings. The number of halogens is 2. The summed E-state index contributed by atoms with van der Waals surface area (Å²) in [6, 6.07) is 5.49. The Labute approximate surface area is 117 Å². The largest absolute Gasteiger partial charge is 0.436 e. The van der Waals surface area contributed by atoms with Gasteiger partial charge in [0.25, 0.3) is 0 Å². The number of aryl methyl sites for hydroxylation is 1. The van der Waals surface area contributed by atoms with E-state index in [0.29, 0.717) is 21.1 Å². The number of ether oxygens (including phenoxy) is 1. The number of nitrogens with one attached hydrogen (secondary N) is 1. The molecular formula is C11H10BrClN4O. The van der Waals surface area contributed by atoms with Gasteiger partial charge >= 0.3 is 0 Å². The third kappa shape index (κ3) is 2.90. The number of aromatic nitrogens is 2. The van der Waals surface area contributed by atoms with Gasteiger partial charge in [0.15, 0.2) is 0 Å². The number of anilines is 1. The molecular weight excluding hydrogens is 320 g/mol. The van der Waals surface area contributed by atoms with Crippen LogP contribution in [0, 0.1) is 6.92 Å². The highest BCUT2D eigenvalue weighted by Gasteiger charge is 2.09. The third-order valence-corrected chi connectivity index (χ3v) is 2.97. The van der Waals surface area contributed by atoms with Gasteiger partial charge in [-0.15, -0.1) is 0 Å². The topological polar surface area (TPSA) is 73.1 Å². The van der Waals surface area contributed by atoms with Crippen LogP contribution in [0.2, 0.25) is 5.02 Å². The number of nitrogen functional groups attached to an aromatic ring is 1. The molecule has 1 heterocycles. The Balaban J connectivity index is 2.33. The Morgan fingerprint density at radius 2 is 2.22 bits per heavy atom. The fourth-order valence-corrected chi connectivity index (χ4v) is 1.83. The lowest BCUT2D eigenvalue weighted by Crippen LogP contribution is -2.10. The molecule has 2 rings (SSSR count). The molecule has 1 aromatic carbocycles. The summed E-state index contributed by atoms with van der Waals surface area (Å²) in [5, 5.41) is 0.516. The van der Waals surface area contributed by atoms with Gasteiger partial charge < -0.3 is 4.74 Å². The first-order valence-electron chi connectivity index (χ1n) is 5.03. The first-order chi connectivity index (χ1) is 8.60. The molecule has 0 amide bonds. The van der Waals surface area contributed by atoms with Gasteiger partial charge in [0, 0.05) is 0 Å². The fourth-order valence-electron chi connectivity index (χ4n) is 1.29. The van der Waals surface area contributed by atoms with Crippen molar-refractivity contribution >= 4 is 33.5 Å². The molecule has 0 spiro atoms. The van der Waals surface area contributed by atoms with Crippen LogP contribution >= 0.6 is 27.5 Å². The van der Waals surface area contributed by atoms with Crippen LogP contribution in [0.4, 0.5) is 5.95 Å². The van der Waals surface area contributed by atoms with Gasteiger partial charge in [0.05, 0.1) is 15.7 Å². The molecule has 3 N–H and O–H groups in total. The lowest BCUT2D eigenvalue weighted by molar-refractivity contribution is 0.459. The van der Waals surface area contributed by atoms with Crippen LogP contribution in [0.15, 0.2) is 28.9 Å². The monoisotopic (exact) mass is 328 g/mol. The lowest BCUT2D eigenvalue weighted by Gasteiger charge is -2.09. The Bertz CT molecular complexity index is 579. The first kappa shape index (κ1) is 13.1. The van der Waals surface area contributed by atoms with E-state index in [1.165, 1.54) is 0 Å². The molecule has 0 saturated carbocycles. The molecule has 94 valence electrons. The Morgan fingerprint density at radius 1 is 1.44 bits per heavy atom. The molecule has 0 aliphatic rings. The SMILES string of the molecule is Cc1ccc(Oc2nc(NN)ncc2Br)c(Cl)c1. The minimum Gasteiger partial charge on any atom is -0.436 e. The van der Waals surface area contributed by atoms with Gasteiger partial charge in [-0.1, -0.05) is 17.7 Å². The van der Waals surface area contributed by atoms with Crippen LogP contribution < -0.4 is 16.0 Å². The lowest BCUT2D eigenvalue weighted by atomic mass is 10.2. The summed E-state index contributed by atoms with van der Waals surface area (Å²) in [7, 11) is 0. The number of hydrogen-bond acceptors (Lipinski definition) is 5. The Kier molecular flexibility index (Phi) is 4.00. The van der Waals surface area contributed by atoms with E-state index in [2.05, 4.69) is 31.3 Å². The van der Waals surface area contributed by atoms with Gasteiger partial charge in [0.1, 0.15) is 5.75 Å². The standard InChI is InChI=1S/C11H10BrClN4O/c1-6-2-3-9(8(13)4-6)18-10-7(12)5-15-11(16-10)17-14/h2-5H,14H2,1H3,(H,15,16,17). The Hall–Kier alpha value is -1.37. The van der Waals surface area contributed by atoms with Crippen molar-refractivity contribution in [3.8, 4) is 11.6 Å². The number of benzene rings is 1. The van der Waals surface area contributed by atoms with Crippen molar-refractivity contribution in [2.45, 2.75) is 6.92 Å². The Morgan fingerprint density at radius 3 is 2.89 bits per heavy atom. The summed E-state index contributed by atoms with van der Waals surface area (Å²) in [4.78, 5) is 8.00. The van der Waals surface area contributed by atoms with E-state index in [9.17, 15) is 0 Å². The van der Waals surface area contributed by atoms with E-state index < -0.39 is 0 Å². The second-order valence-electron chi connectivity index (χ2n) is 3.53. The quantitative estimate of drug-likeness (QED) is 0.668. The van der Waals surface area contributed by atoms with E-state index in [0.717, 1.165) is 5.56 Å². The molecule has 5 nitrogen and oxygen atoms in total. The maximum atomic E-state index is 6.08. The maximum Gasteiger partial charge on any atom is 0.240 e. The number of hydrazine groups is 1. The zero-order chi connectivity index (χ0) is 13.1. The van der Waals surface area contributed by atoms with E-state index in [1.54, 1.807) is 12.3 Å². The smallest absolute Gasteiger partial charge is 0.240 e. The predicted molar refractivity (Wildman–Crippen MR) is 73.8 cm³/mol. The number of nitrogens with zero attached hydrogens (tertiary/aromatic N) is 2. The molecule has 0 saturated heterocycles. The maximum absolute atomic E-state index is 6.08. The average Bonchev–Trinajstić information content (AvgIpc) is 2.35. The van der Waals surface area contributed by atoms with Crippen LogP contribution in [-0.2, 0) is 0 Å². The molecule has 2 aromatic rings. The number of nitrogens with two attached hydrogens (primary N) is 1. The molecule has 0 radical (unpaired) electrons. The molecule has 18 heavy (non-hydrogen) atoms. The number of hydrogen-bond donors (Lipinski definition) is 2. The van der Waals surface area contributed by atoms with Crippen molar-refractivity contribution in [3.05, 3.63) is 39.5 Å². The summed E-state index contributed by atoms with van der Waals surface area (Å²) in [6.45, 7) is 1.95. The van der Waals surface area contributed by atoms with E-state index >= 15 is 0 Å². The molecule has 0 aliphatic heterocycles. The second kappa shape index (κ2) is 5.51. The first-order valence-corrected chi connectivity index (χ1v) is 6.20. The van der Waals surface area contributed by atoms with Crippen LogP contribution in [0.5, 0.6) is 11.6 Å². The summed E-state index contributed by atoms with van der Waals surface area (Å²) in [6.07, 6.45) is 1.54. The van der Waals surface area contributed by atoms with Gasteiger partial charge in [-0.05, 0) is 40.5 Å². The van der Waals surface area contributed by atoms with Crippen molar-refractivity contribution in [1.82, 2.24) is 9.97 Å². The van der Waals surface area contributed by atoms with Crippen molar-refractivity contribution in [2.75, 3.05) is 5.43 Å². The minimum absolute atomic E-state index is 0.261. The van der Waals surface area contributed by atoms with Gasteiger partial charge in [-0.2, -0.15) is 4.98 Å². The van der Waals surface area contributed by atoms with Gasteiger partial charge in [-0.3, -0.25) is 5.43 Å². The predicted octanol–water partition coefficient (Wildman–Crippen LogP) is 3.28. The average molecular weight is 330 g/mol. The third-order valence-electron chi connectivity index (χ3n) is 2.14. The molecule has 0 aliphatic carbocycles. The fraction of sp³-hybridized carbons (Fsp3) is 0.0909.